The van der Waals surface area contributed by atoms with E-state index in [-0.39, 0.29) is 6.09 Å². The largest absolute Gasteiger partial charge is 0.444 e. The number of anilines is 1. The molecule has 1 amide bonds. The number of hydrogen-bond acceptors (Lipinski definition) is 6. The molecule has 33 heavy (non-hydrogen) atoms. The van der Waals surface area contributed by atoms with Gasteiger partial charge < -0.3 is 19.3 Å². The van der Waals surface area contributed by atoms with Crippen LogP contribution in [0.1, 0.15) is 52.9 Å². The number of ether oxygens (including phenoxy) is 2. The van der Waals surface area contributed by atoms with Crippen LogP contribution in [0.3, 0.4) is 0 Å². The Morgan fingerprint density at radius 1 is 1.15 bits per heavy atom. The van der Waals surface area contributed by atoms with E-state index in [9.17, 15) is 4.79 Å². The van der Waals surface area contributed by atoms with Gasteiger partial charge in [-0.3, -0.25) is 0 Å². The van der Waals surface area contributed by atoms with Crippen molar-refractivity contribution in [2.24, 2.45) is 17.8 Å². The van der Waals surface area contributed by atoms with Gasteiger partial charge in [-0.1, -0.05) is 6.08 Å². The van der Waals surface area contributed by atoms with E-state index in [4.69, 9.17) is 9.47 Å². The molecule has 8 heteroatoms. The molecule has 3 heterocycles. The summed E-state index contributed by atoms with van der Waals surface area (Å²) in [7, 11) is 0. The fraction of sp³-hybridized carbons (Fsp3) is 0.720. The van der Waals surface area contributed by atoms with Crippen LogP contribution in [0.5, 0.6) is 0 Å². The Balaban J connectivity index is 1.32. The van der Waals surface area contributed by atoms with E-state index in [2.05, 4.69) is 43.5 Å². The minimum atomic E-state index is -0.444. The molecule has 1 aromatic rings. The second-order valence-corrected chi connectivity index (χ2v) is 11.2. The van der Waals surface area contributed by atoms with Gasteiger partial charge in [0, 0.05) is 51.1 Å². The molecule has 2 aliphatic rings. The second-order valence-electron chi connectivity index (χ2n) is 10.3. The molecule has 0 aliphatic carbocycles. The van der Waals surface area contributed by atoms with Crippen LogP contribution in [0.15, 0.2) is 29.5 Å². The lowest BCUT2D eigenvalue weighted by Crippen LogP contribution is -2.42. The van der Waals surface area contributed by atoms with Gasteiger partial charge in [-0.2, -0.15) is 0 Å². The highest BCUT2D eigenvalue weighted by Gasteiger charge is 2.27. The maximum atomic E-state index is 12.2. The number of aromatic nitrogens is 2. The fourth-order valence-electron chi connectivity index (χ4n) is 4.49. The smallest absolute Gasteiger partial charge is 0.410 e. The van der Waals surface area contributed by atoms with Gasteiger partial charge in [0.15, 0.2) is 0 Å². The van der Waals surface area contributed by atoms with Crippen molar-refractivity contribution in [2.75, 3.05) is 44.3 Å². The number of carbonyl (C=O) groups is 1. The Bertz CT molecular complexity index is 752. The molecule has 2 fully saturated rings. The lowest BCUT2D eigenvalue weighted by molar-refractivity contribution is 0.00976. The molecule has 0 spiro atoms. The zero-order chi connectivity index (χ0) is 23.8. The zero-order valence-corrected chi connectivity index (χ0v) is 21.9. The van der Waals surface area contributed by atoms with Crippen molar-refractivity contribution >= 4 is 28.0 Å². The van der Waals surface area contributed by atoms with Gasteiger partial charge in [-0.05, 0) is 80.6 Å². The quantitative estimate of drug-likeness (QED) is 0.430. The van der Waals surface area contributed by atoms with Gasteiger partial charge in [-0.25, -0.2) is 14.8 Å². The number of likely N-dealkylation sites (tertiary alicyclic amines) is 1. The van der Waals surface area contributed by atoms with Crippen LogP contribution in [-0.4, -0.2) is 66.0 Å². The highest BCUT2D eigenvalue weighted by molar-refractivity contribution is 9.10. The van der Waals surface area contributed by atoms with Crippen molar-refractivity contribution in [3.05, 3.63) is 29.5 Å². The minimum absolute atomic E-state index is 0.202. The summed E-state index contributed by atoms with van der Waals surface area (Å²) in [5, 5.41) is 0. The third-order valence-corrected chi connectivity index (χ3v) is 6.83. The molecule has 2 aliphatic heterocycles. The molecule has 2 saturated heterocycles. The molecule has 0 unspecified atom stereocenters. The summed E-state index contributed by atoms with van der Waals surface area (Å²) >= 11 is 3.39. The SMILES string of the molecule is C=C[C@@H](COCC1CCN(C(=O)OC(C)(C)C)CC1)CC1CCN(c2ncc(Br)cn2)CC1. The molecular weight excluding hydrogens is 484 g/mol. The molecule has 0 aromatic carbocycles. The van der Waals surface area contributed by atoms with Gasteiger partial charge in [0.25, 0.3) is 0 Å². The van der Waals surface area contributed by atoms with Crippen LogP contribution >= 0.6 is 15.9 Å². The third kappa shape index (κ3) is 8.56. The first-order chi connectivity index (χ1) is 15.7. The van der Waals surface area contributed by atoms with Gasteiger partial charge >= 0.3 is 6.09 Å². The van der Waals surface area contributed by atoms with Crippen LogP contribution in [-0.2, 0) is 9.47 Å². The molecule has 1 aromatic heterocycles. The van der Waals surface area contributed by atoms with Crippen LogP contribution in [0.4, 0.5) is 10.7 Å². The van der Waals surface area contributed by atoms with Gasteiger partial charge in [0.1, 0.15) is 5.60 Å². The molecule has 0 saturated carbocycles. The lowest BCUT2D eigenvalue weighted by atomic mass is 9.87. The summed E-state index contributed by atoms with van der Waals surface area (Å²) in [5.74, 6) is 2.38. The minimum Gasteiger partial charge on any atom is -0.444 e. The first-order valence-electron chi connectivity index (χ1n) is 12.1. The van der Waals surface area contributed by atoms with Crippen molar-refractivity contribution < 1.29 is 14.3 Å². The van der Waals surface area contributed by atoms with Gasteiger partial charge in [0.05, 0.1) is 11.1 Å². The van der Waals surface area contributed by atoms with Crippen molar-refractivity contribution in [3.8, 4) is 0 Å². The Hall–Kier alpha value is -1.67. The summed E-state index contributed by atoms with van der Waals surface area (Å²) in [6.07, 6.45) is 10.8. The maximum absolute atomic E-state index is 12.2. The van der Waals surface area contributed by atoms with Crippen molar-refractivity contribution in [1.29, 1.82) is 0 Å². The number of rotatable bonds is 8. The third-order valence-electron chi connectivity index (χ3n) is 6.43. The van der Waals surface area contributed by atoms with E-state index < -0.39 is 5.60 Å². The molecule has 184 valence electrons. The normalized spacial score (nSPS) is 19.4. The van der Waals surface area contributed by atoms with E-state index >= 15 is 0 Å². The number of piperidine rings is 2. The van der Waals surface area contributed by atoms with Gasteiger partial charge in [-0.15, -0.1) is 6.58 Å². The molecule has 0 bridgehead atoms. The second kappa shape index (κ2) is 12.2. The van der Waals surface area contributed by atoms with Crippen LogP contribution in [0.25, 0.3) is 0 Å². The monoisotopic (exact) mass is 522 g/mol. The van der Waals surface area contributed by atoms with E-state index in [0.29, 0.717) is 17.8 Å². The standard InChI is InChI=1S/C25H39BrN4O3/c1-5-19(14-20-6-10-29(11-7-20)23-27-15-22(26)16-28-23)17-32-18-21-8-12-30(13-9-21)24(31)33-25(2,3)4/h5,15-16,19-21H,1,6-14,17-18H2,2-4H3/t19-/m1/s1. The zero-order valence-electron chi connectivity index (χ0n) is 20.3. The van der Waals surface area contributed by atoms with E-state index in [0.717, 1.165) is 81.9 Å². The Morgan fingerprint density at radius 3 is 2.33 bits per heavy atom. The predicted octanol–water partition coefficient (Wildman–Crippen LogP) is 5.31. The molecule has 0 N–H and O–H groups in total. The Morgan fingerprint density at radius 2 is 1.76 bits per heavy atom. The number of halogens is 1. The summed E-state index contributed by atoms with van der Waals surface area (Å²) in [4.78, 5) is 25.1. The lowest BCUT2D eigenvalue weighted by Gasteiger charge is -2.34. The summed E-state index contributed by atoms with van der Waals surface area (Å²) in [6, 6.07) is 0. The van der Waals surface area contributed by atoms with Crippen molar-refractivity contribution in [1.82, 2.24) is 14.9 Å². The number of nitrogens with zero attached hydrogens (tertiary/aromatic N) is 4. The molecule has 3 rings (SSSR count). The van der Waals surface area contributed by atoms with E-state index in [1.165, 1.54) is 0 Å². The first kappa shape index (κ1) is 25.9. The van der Waals surface area contributed by atoms with Crippen LogP contribution in [0.2, 0.25) is 0 Å². The average Bonchev–Trinajstić information content (AvgIpc) is 2.79. The van der Waals surface area contributed by atoms with E-state index in [1.54, 1.807) is 12.4 Å². The van der Waals surface area contributed by atoms with Crippen molar-refractivity contribution in [2.45, 2.75) is 58.5 Å². The molecule has 7 nitrogen and oxygen atoms in total. The highest BCUT2D eigenvalue weighted by Crippen LogP contribution is 2.27. The highest BCUT2D eigenvalue weighted by atomic mass is 79.9. The fourth-order valence-corrected chi connectivity index (χ4v) is 4.70. The average molecular weight is 524 g/mol. The topological polar surface area (TPSA) is 67.8 Å². The molecular formula is C25H39BrN4O3. The summed E-state index contributed by atoms with van der Waals surface area (Å²) in [6.45, 7) is 14.7. The maximum Gasteiger partial charge on any atom is 0.410 e. The van der Waals surface area contributed by atoms with Crippen LogP contribution in [0, 0.1) is 17.8 Å². The molecule has 0 radical (unpaired) electrons. The van der Waals surface area contributed by atoms with Gasteiger partial charge in [0.2, 0.25) is 5.95 Å². The Kier molecular flexibility index (Phi) is 9.56. The predicted molar refractivity (Wildman–Crippen MR) is 134 cm³/mol. The van der Waals surface area contributed by atoms with E-state index in [1.807, 2.05) is 25.7 Å². The van der Waals surface area contributed by atoms with Crippen LogP contribution < -0.4 is 4.90 Å². The summed E-state index contributed by atoms with van der Waals surface area (Å²) < 4.78 is 12.5. The number of hydrogen-bond donors (Lipinski definition) is 0. The number of carbonyl (C=O) groups excluding carboxylic acids is 1. The summed E-state index contributed by atoms with van der Waals surface area (Å²) in [5.41, 5.74) is -0.444. The van der Waals surface area contributed by atoms with Crippen molar-refractivity contribution in [3.63, 3.8) is 0 Å². The number of amides is 1. The Labute approximate surface area is 207 Å². The molecule has 1 atom stereocenters. The first-order valence-corrected chi connectivity index (χ1v) is 12.9.